The van der Waals surface area contributed by atoms with E-state index in [1.54, 1.807) is 0 Å². The smallest absolute Gasteiger partial charge is 0.107 e. The third kappa shape index (κ3) is 1.53. The van der Waals surface area contributed by atoms with E-state index >= 15 is 0 Å². The molecule has 1 saturated carbocycles. The summed E-state index contributed by atoms with van der Waals surface area (Å²) in [4.78, 5) is 0. The molecule has 1 N–H and O–H groups in total. The minimum atomic E-state index is 0.261. The number of hydrogen-bond acceptors (Lipinski definition) is 1. The van der Waals surface area contributed by atoms with Gasteiger partial charge in [0.1, 0.15) is 6.11 Å². The van der Waals surface area contributed by atoms with Crippen LogP contribution in [-0.4, -0.2) is 5.11 Å². The summed E-state index contributed by atoms with van der Waals surface area (Å²) >= 11 is 0. The lowest BCUT2D eigenvalue weighted by Gasteiger charge is -2.10. The van der Waals surface area contributed by atoms with Crippen LogP contribution < -0.4 is 0 Å². The molecule has 0 aromatic heterocycles. The Balaban J connectivity index is 2.19. The third-order valence-corrected chi connectivity index (χ3v) is 2.75. The first kappa shape index (κ1) is 8.19. The van der Waals surface area contributed by atoms with Crippen LogP contribution in [0.5, 0.6) is 0 Å². The standard InChI is InChI=1S/C12H12O/c13-10-4-7-12(8-9-12)11-5-2-1-3-6-11/h1-3,5-6,13H,7-9H2. The van der Waals surface area contributed by atoms with Gasteiger partial charge in [0.2, 0.25) is 0 Å². The fourth-order valence-corrected chi connectivity index (χ4v) is 1.72. The largest absolute Gasteiger partial charge is 0.462 e. The molecule has 0 spiro atoms. The Morgan fingerprint density at radius 3 is 2.46 bits per heavy atom. The Morgan fingerprint density at radius 1 is 1.23 bits per heavy atom. The van der Waals surface area contributed by atoms with Gasteiger partial charge in [0.25, 0.3) is 0 Å². The second-order valence-electron chi connectivity index (χ2n) is 3.61. The van der Waals surface area contributed by atoms with Crippen molar-refractivity contribution in [3.05, 3.63) is 35.9 Å². The van der Waals surface area contributed by atoms with Crippen LogP contribution in [0.3, 0.4) is 0 Å². The maximum Gasteiger partial charge on any atom is 0.107 e. The van der Waals surface area contributed by atoms with Gasteiger partial charge in [-0.25, -0.2) is 0 Å². The molecule has 0 aliphatic heterocycles. The summed E-state index contributed by atoms with van der Waals surface area (Å²) in [7, 11) is 0. The number of rotatable bonds is 2. The third-order valence-electron chi connectivity index (χ3n) is 2.75. The molecule has 66 valence electrons. The van der Waals surface area contributed by atoms with Crippen molar-refractivity contribution in [3.63, 3.8) is 0 Å². The average molecular weight is 172 g/mol. The van der Waals surface area contributed by atoms with E-state index in [9.17, 15) is 0 Å². The molecule has 1 heteroatoms. The SMILES string of the molecule is OC#CCC1(c2ccccc2)CC1. The van der Waals surface area contributed by atoms with Crippen LogP contribution in [-0.2, 0) is 5.41 Å². The lowest BCUT2D eigenvalue weighted by atomic mass is 9.93. The minimum absolute atomic E-state index is 0.261. The minimum Gasteiger partial charge on any atom is -0.462 e. The quantitative estimate of drug-likeness (QED) is 0.679. The molecular formula is C12H12O. The Hall–Kier alpha value is -1.42. The molecule has 0 unspecified atom stereocenters. The number of aliphatic hydroxyl groups is 1. The van der Waals surface area contributed by atoms with E-state index in [1.165, 1.54) is 18.4 Å². The van der Waals surface area contributed by atoms with Gasteiger partial charge in [-0.3, -0.25) is 0 Å². The molecule has 0 bridgehead atoms. The molecule has 1 aliphatic rings. The van der Waals surface area contributed by atoms with Crippen LogP contribution in [0, 0.1) is 12.0 Å². The summed E-state index contributed by atoms with van der Waals surface area (Å²) in [6.07, 6.45) is 5.17. The van der Waals surface area contributed by atoms with Gasteiger partial charge in [0.15, 0.2) is 0 Å². The van der Waals surface area contributed by atoms with Crippen molar-refractivity contribution in [1.82, 2.24) is 0 Å². The summed E-state index contributed by atoms with van der Waals surface area (Å²) in [5.74, 6) is 2.76. The zero-order chi connectivity index (χ0) is 9.15. The molecule has 1 fully saturated rings. The van der Waals surface area contributed by atoms with Gasteiger partial charge in [0, 0.05) is 11.8 Å². The van der Waals surface area contributed by atoms with Gasteiger partial charge in [0.05, 0.1) is 0 Å². The summed E-state index contributed by atoms with van der Waals surface area (Å²) < 4.78 is 0. The summed E-state index contributed by atoms with van der Waals surface area (Å²) in [5, 5.41) is 8.44. The van der Waals surface area contributed by atoms with Crippen LogP contribution in [0.4, 0.5) is 0 Å². The van der Waals surface area contributed by atoms with Crippen molar-refractivity contribution in [2.75, 3.05) is 0 Å². The van der Waals surface area contributed by atoms with Crippen LogP contribution in [0.1, 0.15) is 24.8 Å². The highest BCUT2D eigenvalue weighted by Crippen LogP contribution is 2.50. The predicted molar refractivity (Wildman–Crippen MR) is 51.7 cm³/mol. The summed E-state index contributed by atoms with van der Waals surface area (Å²) in [6.45, 7) is 0. The molecule has 1 nitrogen and oxygen atoms in total. The monoisotopic (exact) mass is 172 g/mol. The predicted octanol–water partition coefficient (Wildman–Crippen LogP) is 2.44. The van der Waals surface area contributed by atoms with Crippen molar-refractivity contribution in [3.8, 4) is 12.0 Å². The van der Waals surface area contributed by atoms with E-state index in [1.807, 2.05) is 12.2 Å². The molecule has 0 radical (unpaired) electrons. The molecule has 0 heterocycles. The Kier molecular flexibility index (Phi) is 1.98. The molecular weight excluding hydrogens is 160 g/mol. The summed E-state index contributed by atoms with van der Waals surface area (Å²) in [6, 6.07) is 10.4. The number of hydrogen-bond donors (Lipinski definition) is 1. The van der Waals surface area contributed by atoms with E-state index in [-0.39, 0.29) is 5.41 Å². The first-order chi connectivity index (χ1) is 6.37. The fraction of sp³-hybridized carbons (Fsp3) is 0.333. The Morgan fingerprint density at radius 2 is 1.92 bits per heavy atom. The zero-order valence-corrected chi connectivity index (χ0v) is 7.46. The van der Waals surface area contributed by atoms with E-state index < -0.39 is 0 Å². The van der Waals surface area contributed by atoms with Crippen molar-refractivity contribution in [1.29, 1.82) is 0 Å². The molecule has 2 rings (SSSR count). The van der Waals surface area contributed by atoms with Crippen molar-refractivity contribution in [2.45, 2.75) is 24.7 Å². The average Bonchev–Trinajstić information content (AvgIpc) is 2.97. The second-order valence-corrected chi connectivity index (χ2v) is 3.61. The van der Waals surface area contributed by atoms with E-state index in [4.69, 9.17) is 5.11 Å². The fourth-order valence-electron chi connectivity index (χ4n) is 1.72. The van der Waals surface area contributed by atoms with Crippen LogP contribution >= 0.6 is 0 Å². The molecule has 0 saturated heterocycles. The van der Waals surface area contributed by atoms with Gasteiger partial charge in [-0.05, 0) is 18.4 Å². The molecule has 0 atom stereocenters. The van der Waals surface area contributed by atoms with Gasteiger partial charge >= 0.3 is 0 Å². The highest BCUT2D eigenvalue weighted by atomic mass is 16.2. The van der Waals surface area contributed by atoms with Gasteiger partial charge < -0.3 is 5.11 Å². The highest BCUT2D eigenvalue weighted by Gasteiger charge is 2.43. The van der Waals surface area contributed by atoms with Crippen LogP contribution in [0.15, 0.2) is 30.3 Å². The lowest BCUT2D eigenvalue weighted by Crippen LogP contribution is -2.04. The van der Waals surface area contributed by atoms with Crippen LogP contribution in [0.2, 0.25) is 0 Å². The van der Waals surface area contributed by atoms with Crippen molar-refractivity contribution < 1.29 is 5.11 Å². The maximum atomic E-state index is 8.44. The molecule has 1 aliphatic carbocycles. The van der Waals surface area contributed by atoms with Gasteiger partial charge in [-0.15, -0.1) is 0 Å². The van der Waals surface area contributed by atoms with Crippen molar-refractivity contribution >= 4 is 0 Å². The maximum absolute atomic E-state index is 8.44. The van der Waals surface area contributed by atoms with Gasteiger partial charge in [-0.1, -0.05) is 36.3 Å². The Bertz CT molecular complexity index is 338. The van der Waals surface area contributed by atoms with Crippen LogP contribution in [0.25, 0.3) is 0 Å². The molecule has 13 heavy (non-hydrogen) atoms. The number of aliphatic hydroxyl groups excluding tert-OH is 1. The molecule has 0 amide bonds. The Labute approximate surface area is 78.4 Å². The topological polar surface area (TPSA) is 20.2 Å². The van der Waals surface area contributed by atoms with Gasteiger partial charge in [-0.2, -0.15) is 0 Å². The summed E-state index contributed by atoms with van der Waals surface area (Å²) in [5.41, 5.74) is 1.62. The second kappa shape index (κ2) is 3.14. The van der Waals surface area contributed by atoms with E-state index in [2.05, 4.69) is 30.2 Å². The van der Waals surface area contributed by atoms with E-state index in [0.29, 0.717) is 0 Å². The molecule has 1 aromatic carbocycles. The first-order valence-corrected chi connectivity index (χ1v) is 4.55. The highest BCUT2D eigenvalue weighted by molar-refractivity contribution is 5.32. The van der Waals surface area contributed by atoms with Crippen molar-refractivity contribution in [2.24, 2.45) is 0 Å². The lowest BCUT2D eigenvalue weighted by molar-refractivity contribution is 0.514. The van der Waals surface area contributed by atoms with E-state index in [0.717, 1.165) is 6.42 Å². The first-order valence-electron chi connectivity index (χ1n) is 4.55. The normalized spacial score (nSPS) is 17.2. The molecule has 1 aromatic rings. The zero-order valence-electron chi connectivity index (χ0n) is 7.46. The number of benzene rings is 1.